The van der Waals surface area contributed by atoms with Gasteiger partial charge in [0.15, 0.2) is 0 Å². The van der Waals surface area contributed by atoms with Crippen LogP contribution in [0.25, 0.3) is 6.08 Å². The van der Waals surface area contributed by atoms with Gasteiger partial charge in [0.25, 0.3) is 0 Å². The van der Waals surface area contributed by atoms with E-state index in [9.17, 15) is 4.79 Å². The second-order valence-corrected chi connectivity index (χ2v) is 4.60. The van der Waals surface area contributed by atoms with Crippen molar-refractivity contribution in [3.8, 4) is 0 Å². The summed E-state index contributed by atoms with van der Waals surface area (Å²) in [6.07, 6.45) is 4.86. The molecule has 1 aromatic carbocycles. The number of amides is 1. The van der Waals surface area contributed by atoms with Crippen LogP contribution in [0.1, 0.15) is 11.3 Å². The third-order valence-electron chi connectivity index (χ3n) is 2.31. The summed E-state index contributed by atoms with van der Waals surface area (Å²) < 4.78 is 6.13. The highest BCUT2D eigenvalue weighted by Crippen LogP contribution is 2.11. The van der Waals surface area contributed by atoms with Gasteiger partial charge in [0.05, 0.1) is 12.8 Å². The maximum Gasteiger partial charge on any atom is 0.244 e. The van der Waals surface area contributed by atoms with E-state index in [1.54, 1.807) is 18.4 Å². The molecule has 3 nitrogen and oxygen atoms in total. The predicted octanol–water partition coefficient (Wildman–Crippen LogP) is 3.37. The minimum absolute atomic E-state index is 0.144. The Morgan fingerprint density at radius 3 is 2.72 bits per heavy atom. The van der Waals surface area contributed by atoms with Crippen molar-refractivity contribution in [2.24, 2.45) is 0 Å². The molecule has 1 N–H and O–H groups in total. The molecule has 4 heteroatoms. The van der Waals surface area contributed by atoms with E-state index in [4.69, 9.17) is 4.42 Å². The second-order valence-electron chi connectivity index (χ2n) is 3.68. The maximum absolute atomic E-state index is 11.5. The van der Waals surface area contributed by atoms with E-state index in [1.807, 2.05) is 30.3 Å². The van der Waals surface area contributed by atoms with Gasteiger partial charge in [-0.05, 0) is 35.9 Å². The highest BCUT2D eigenvalue weighted by molar-refractivity contribution is 9.10. The highest BCUT2D eigenvalue weighted by atomic mass is 79.9. The monoisotopic (exact) mass is 305 g/mol. The molecular formula is C14H12BrNO2. The van der Waals surface area contributed by atoms with Gasteiger partial charge in [0.1, 0.15) is 5.76 Å². The Balaban J connectivity index is 1.85. The molecule has 0 radical (unpaired) electrons. The van der Waals surface area contributed by atoms with Crippen LogP contribution in [0.15, 0.2) is 57.6 Å². The summed E-state index contributed by atoms with van der Waals surface area (Å²) in [4.78, 5) is 11.5. The van der Waals surface area contributed by atoms with Crippen LogP contribution in [-0.2, 0) is 11.3 Å². The van der Waals surface area contributed by atoms with Crippen LogP contribution in [0.4, 0.5) is 0 Å². The van der Waals surface area contributed by atoms with Crippen molar-refractivity contribution in [2.45, 2.75) is 6.54 Å². The molecule has 2 aromatic rings. The van der Waals surface area contributed by atoms with Gasteiger partial charge >= 0.3 is 0 Å². The Morgan fingerprint density at radius 1 is 1.28 bits per heavy atom. The number of carbonyl (C=O) groups is 1. The van der Waals surface area contributed by atoms with Gasteiger partial charge in [-0.25, -0.2) is 0 Å². The summed E-state index contributed by atoms with van der Waals surface area (Å²) in [6.45, 7) is 0.399. The number of benzene rings is 1. The van der Waals surface area contributed by atoms with E-state index in [0.29, 0.717) is 6.54 Å². The quantitative estimate of drug-likeness (QED) is 0.880. The van der Waals surface area contributed by atoms with Crippen molar-refractivity contribution in [1.82, 2.24) is 5.32 Å². The fourth-order valence-electron chi connectivity index (χ4n) is 1.39. The van der Waals surface area contributed by atoms with E-state index in [1.165, 1.54) is 6.08 Å². The van der Waals surface area contributed by atoms with Gasteiger partial charge in [-0.15, -0.1) is 0 Å². The minimum Gasteiger partial charge on any atom is -0.467 e. The molecule has 0 atom stereocenters. The molecule has 1 aromatic heterocycles. The predicted molar refractivity (Wildman–Crippen MR) is 73.7 cm³/mol. The topological polar surface area (TPSA) is 42.2 Å². The molecule has 2 rings (SSSR count). The van der Waals surface area contributed by atoms with Crippen LogP contribution in [-0.4, -0.2) is 5.91 Å². The first-order valence-electron chi connectivity index (χ1n) is 5.48. The molecule has 0 saturated heterocycles. The summed E-state index contributed by atoms with van der Waals surface area (Å²) in [5, 5.41) is 2.74. The summed E-state index contributed by atoms with van der Waals surface area (Å²) in [7, 11) is 0. The van der Waals surface area contributed by atoms with E-state index in [-0.39, 0.29) is 5.91 Å². The zero-order chi connectivity index (χ0) is 12.8. The van der Waals surface area contributed by atoms with E-state index in [0.717, 1.165) is 15.8 Å². The molecule has 0 saturated carbocycles. The summed E-state index contributed by atoms with van der Waals surface area (Å²) in [6, 6.07) is 11.3. The van der Waals surface area contributed by atoms with E-state index >= 15 is 0 Å². The Hall–Kier alpha value is -1.81. The van der Waals surface area contributed by atoms with Crippen LogP contribution < -0.4 is 5.32 Å². The molecule has 0 bridgehead atoms. The fourth-order valence-corrected chi connectivity index (χ4v) is 1.66. The van der Waals surface area contributed by atoms with Gasteiger partial charge in [-0.3, -0.25) is 4.79 Å². The summed E-state index contributed by atoms with van der Waals surface area (Å²) >= 11 is 3.36. The fraction of sp³-hybridized carbons (Fsp3) is 0.0714. The molecule has 1 heterocycles. The lowest BCUT2D eigenvalue weighted by Crippen LogP contribution is -2.19. The normalized spacial score (nSPS) is 10.7. The van der Waals surface area contributed by atoms with Gasteiger partial charge < -0.3 is 9.73 Å². The van der Waals surface area contributed by atoms with Crippen LogP contribution in [0.3, 0.4) is 0 Å². The lowest BCUT2D eigenvalue weighted by atomic mass is 10.2. The van der Waals surface area contributed by atoms with Crippen molar-refractivity contribution in [3.05, 3.63) is 64.5 Å². The lowest BCUT2D eigenvalue weighted by Gasteiger charge is -1.98. The van der Waals surface area contributed by atoms with Crippen LogP contribution >= 0.6 is 15.9 Å². The smallest absolute Gasteiger partial charge is 0.244 e. The zero-order valence-corrected chi connectivity index (χ0v) is 11.2. The number of nitrogens with one attached hydrogen (secondary N) is 1. The molecular weight excluding hydrogens is 294 g/mol. The Morgan fingerprint density at radius 2 is 2.06 bits per heavy atom. The first-order chi connectivity index (χ1) is 8.74. The standard InChI is InChI=1S/C14H12BrNO2/c15-12-6-3-11(4-7-12)5-8-14(17)16-10-13-2-1-9-18-13/h1-9H,10H2,(H,16,17)/b8-5+. The largest absolute Gasteiger partial charge is 0.467 e. The molecule has 0 aliphatic carbocycles. The summed E-state index contributed by atoms with van der Waals surface area (Å²) in [5.41, 5.74) is 0.978. The number of halogens is 1. The molecule has 0 spiro atoms. The van der Waals surface area contributed by atoms with Crippen molar-refractivity contribution in [2.75, 3.05) is 0 Å². The average molecular weight is 306 g/mol. The van der Waals surface area contributed by atoms with Crippen LogP contribution in [0, 0.1) is 0 Å². The number of rotatable bonds is 4. The van der Waals surface area contributed by atoms with Gasteiger partial charge in [-0.2, -0.15) is 0 Å². The maximum atomic E-state index is 11.5. The Kier molecular flexibility index (Phi) is 4.36. The van der Waals surface area contributed by atoms with Crippen LogP contribution in [0.5, 0.6) is 0 Å². The minimum atomic E-state index is -0.144. The SMILES string of the molecule is O=C(/C=C/c1ccc(Br)cc1)NCc1ccco1. The first-order valence-corrected chi connectivity index (χ1v) is 6.27. The Labute approximate surface area is 114 Å². The summed E-state index contributed by atoms with van der Waals surface area (Å²) in [5.74, 6) is 0.592. The third kappa shape index (κ3) is 3.89. The molecule has 0 aliphatic heterocycles. The van der Waals surface area contributed by atoms with Gasteiger partial charge in [-0.1, -0.05) is 28.1 Å². The lowest BCUT2D eigenvalue weighted by molar-refractivity contribution is -0.116. The molecule has 0 aliphatic rings. The first kappa shape index (κ1) is 12.6. The van der Waals surface area contributed by atoms with Crippen molar-refractivity contribution < 1.29 is 9.21 Å². The van der Waals surface area contributed by atoms with Crippen molar-refractivity contribution in [3.63, 3.8) is 0 Å². The number of hydrogen-bond acceptors (Lipinski definition) is 2. The molecule has 18 heavy (non-hydrogen) atoms. The molecule has 0 fully saturated rings. The van der Waals surface area contributed by atoms with Crippen molar-refractivity contribution >= 4 is 27.9 Å². The zero-order valence-electron chi connectivity index (χ0n) is 9.60. The van der Waals surface area contributed by atoms with Crippen LogP contribution in [0.2, 0.25) is 0 Å². The number of hydrogen-bond donors (Lipinski definition) is 1. The molecule has 1 amide bonds. The van der Waals surface area contributed by atoms with Crippen molar-refractivity contribution in [1.29, 1.82) is 0 Å². The van der Waals surface area contributed by atoms with Gasteiger partial charge in [0, 0.05) is 10.5 Å². The van der Waals surface area contributed by atoms with E-state index < -0.39 is 0 Å². The average Bonchev–Trinajstić information content (AvgIpc) is 2.89. The highest BCUT2D eigenvalue weighted by Gasteiger charge is 1.98. The van der Waals surface area contributed by atoms with E-state index in [2.05, 4.69) is 21.2 Å². The number of furan rings is 1. The molecule has 92 valence electrons. The van der Waals surface area contributed by atoms with Gasteiger partial charge in [0.2, 0.25) is 5.91 Å². The Bertz CT molecular complexity index is 529. The molecule has 0 unspecified atom stereocenters. The number of carbonyl (C=O) groups excluding carboxylic acids is 1. The second kappa shape index (κ2) is 6.21. The third-order valence-corrected chi connectivity index (χ3v) is 2.84.